The predicted octanol–water partition coefficient (Wildman–Crippen LogP) is 3.12. The number of hydrogen-bond donors (Lipinski definition) is 2. The number of nitrogens with zero attached hydrogens (tertiary/aromatic N) is 3. The van der Waals surface area contributed by atoms with Crippen LogP contribution in [0, 0.1) is 5.82 Å². The number of halogens is 2. The zero-order valence-electron chi connectivity index (χ0n) is 16.5. The van der Waals surface area contributed by atoms with E-state index in [1.165, 1.54) is 12.3 Å². The van der Waals surface area contributed by atoms with Crippen LogP contribution in [-0.4, -0.2) is 37.9 Å². The second-order valence-corrected chi connectivity index (χ2v) is 7.90. The molecule has 1 aliphatic rings. The van der Waals surface area contributed by atoms with Gasteiger partial charge < -0.3 is 10.4 Å². The fourth-order valence-electron chi connectivity index (χ4n) is 3.64. The third-order valence-corrected chi connectivity index (χ3v) is 5.53. The average Bonchev–Trinajstić information content (AvgIpc) is 2.76. The van der Waals surface area contributed by atoms with Crippen LogP contribution in [0.5, 0.6) is 0 Å². The Hall–Kier alpha value is -3.10. The van der Waals surface area contributed by atoms with Crippen molar-refractivity contribution < 1.29 is 14.3 Å². The van der Waals surface area contributed by atoms with Gasteiger partial charge in [-0.1, -0.05) is 36.6 Å². The molecule has 1 aliphatic carbocycles. The average molecular weight is 443 g/mol. The van der Waals surface area contributed by atoms with Crippen LogP contribution in [-0.2, 0) is 0 Å². The number of pyridine rings is 1. The Morgan fingerprint density at radius 2 is 1.90 bits per heavy atom. The van der Waals surface area contributed by atoms with Crippen LogP contribution >= 0.6 is 11.6 Å². The number of benzene rings is 1. The lowest BCUT2D eigenvalue weighted by molar-refractivity contribution is 0.0716. The minimum Gasteiger partial charge on any atom is -0.391 e. The topological polar surface area (TPSA) is 97.1 Å². The van der Waals surface area contributed by atoms with E-state index in [0.717, 1.165) is 29.8 Å². The molecule has 0 aliphatic heterocycles. The Labute approximate surface area is 182 Å². The van der Waals surface area contributed by atoms with E-state index in [4.69, 9.17) is 11.6 Å². The first kappa shape index (κ1) is 21.1. The lowest BCUT2D eigenvalue weighted by atomic mass is 9.92. The van der Waals surface area contributed by atoms with E-state index in [9.17, 15) is 19.1 Å². The van der Waals surface area contributed by atoms with E-state index < -0.39 is 29.4 Å². The van der Waals surface area contributed by atoms with Gasteiger partial charge in [-0.25, -0.2) is 4.39 Å². The summed E-state index contributed by atoms with van der Waals surface area (Å²) in [5.74, 6) is -1.26. The van der Waals surface area contributed by atoms with Crippen molar-refractivity contribution in [3.63, 3.8) is 0 Å². The lowest BCUT2D eigenvalue weighted by Gasteiger charge is -2.28. The van der Waals surface area contributed by atoms with E-state index >= 15 is 0 Å². The molecular weight excluding hydrogens is 423 g/mol. The van der Waals surface area contributed by atoms with Gasteiger partial charge in [0.25, 0.3) is 11.5 Å². The van der Waals surface area contributed by atoms with Crippen LogP contribution in [0.1, 0.15) is 36.0 Å². The van der Waals surface area contributed by atoms with Crippen molar-refractivity contribution in [3.05, 3.63) is 75.5 Å². The van der Waals surface area contributed by atoms with Crippen molar-refractivity contribution in [1.29, 1.82) is 0 Å². The highest BCUT2D eigenvalue weighted by molar-refractivity contribution is 6.30. The summed E-state index contributed by atoms with van der Waals surface area (Å²) >= 11 is 5.96. The largest absolute Gasteiger partial charge is 0.391 e. The van der Waals surface area contributed by atoms with E-state index in [1.54, 1.807) is 24.3 Å². The Morgan fingerprint density at radius 3 is 2.61 bits per heavy atom. The molecule has 1 aromatic carbocycles. The van der Waals surface area contributed by atoms with Gasteiger partial charge in [0.2, 0.25) is 0 Å². The fraction of sp³-hybridized carbons (Fsp3) is 0.273. The first-order chi connectivity index (χ1) is 14.9. The highest BCUT2D eigenvalue weighted by Gasteiger charge is 2.26. The molecule has 4 rings (SSSR count). The van der Waals surface area contributed by atoms with E-state index in [2.05, 4.69) is 15.4 Å². The molecule has 0 unspecified atom stereocenters. The zero-order valence-corrected chi connectivity index (χ0v) is 17.2. The van der Waals surface area contributed by atoms with Gasteiger partial charge in [0.15, 0.2) is 0 Å². The van der Waals surface area contributed by atoms with Gasteiger partial charge in [0.1, 0.15) is 11.4 Å². The van der Waals surface area contributed by atoms with Crippen LogP contribution in [0.4, 0.5) is 4.39 Å². The summed E-state index contributed by atoms with van der Waals surface area (Å²) < 4.78 is 14.7. The van der Waals surface area contributed by atoms with Gasteiger partial charge >= 0.3 is 0 Å². The van der Waals surface area contributed by atoms with Crippen LogP contribution in [0.3, 0.4) is 0 Å². The van der Waals surface area contributed by atoms with Crippen LogP contribution in [0.15, 0.2) is 53.6 Å². The number of aromatic nitrogens is 3. The number of aliphatic hydroxyl groups is 1. The maximum Gasteiger partial charge on any atom is 0.284 e. The molecule has 3 aromatic rings. The summed E-state index contributed by atoms with van der Waals surface area (Å²) in [7, 11) is 0. The lowest BCUT2D eigenvalue weighted by Crippen LogP contribution is -2.46. The highest BCUT2D eigenvalue weighted by Crippen LogP contribution is 2.22. The number of hydrogen-bond acceptors (Lipinski definition) is 5. The standard InChI is InChI=1S/C22H20ClFN4O3/c23-14-7-5-13(6-8-14)19-10-17(21(30)26-18-3-1-2-4-20(18)29)22(31)28(27-19)16-9-15(24)11-25-12-16/h5-12,18,20,29H,1-4H2,(H,26,30)/t18-,20+/m1/s1. The molecule has 7 nitrogen and oxygen atoms in total. The number of amides is 1. The van der Waals surface area contributed by atoms with E-state index in [1.807, 2.05) is 0 Å². The quantitative estimate of drug-likeness (QED) is 0.647. The predicted molar refractivity (Wildman–Crippen MR) is 114 cm³/mol. The van der Waals surface area contributed by atoms with Crippen LogP contribution < -0.4 is 10.9 Å². The SMILES string of the molecule is O=C(N[C@@H]1CCCC[C@@H]1O)c1cc(-c2ccc(Cl)cc2)nn(-c2cncc(F)c2)c1=O. The first-order valence-electron chi connectivity index (χ1n) is 9.92. The van der Waals surface area contributed by atoms with Gasteiger partial charge in [-0.2, -0.15) is 9.78 Å². The molecule has 2 heterocycles. The molecule has 160 valence electrons. The summed E-state index contributed by atoms with van der Waals surface area (Å²) in [6.07, 6.45) is 4.63. The van der Waals surface area contributed by atoms with Crippen molar-refractivity contribution in [3.8, 4) is 16.9 Å². The normalized spacial score (nSPS) is 18.5. The molecule has 2 N–H and O–H groups in total. The smallest absolute Gasteiger partial charge is 0.284 e. The van der Waals surface area contributed by atoms with Gasteiger partial charge in [-0.3, -0.25) is 14.6 Å². The Morgan fingerprint density at radius 1 is 1.16 bits per heavy atom. The maximum atomic E-state index is 13.7. The molecule has 0 saturated heterocycles. The molecule has 2 aromatic heterocycles. The number of carbonyl (C=O) groups is 1. The molecule has 2 atom stereocenters. The Kier molecular flexibility index (Phi) is 6.11. The summed E-state index contributed by atoms with van der Waals surface area (Å²) in [6, 6.07) is 8.80. The molecular formula is C22H20ClFN4O3. The summed E-state index contributed by atoms with van der Waals surface area (Å²) in [5.41, 5.74) is 0.159. The van der Waals surface area contributed by atoms with Crippen molar-refractivity contribution in [1.82, 2.24) is 20.1 Å². The van der Waals surface area contributed by atoms with Gasteiger partial charge in [-0.05, 0) is 31.0 Å². The molecule has 9 heteroatoms. The highest BCUT2D eigenvalue weighted by atomic mass is 35.5. The third kappa shape index (κ3) is 4.65. The van der Waals surface area contributed by atoms with Crippen molar-refractivity contribution in [2.24, 2.45) is 0 Å². The third-order valence-electron chi connectivity index (χ3n) is 5.28. The second-order valence-electron chi connectivity index (χ2n) is 7.46. The van der Waals surface area contributed by atoms with E-state index in [-0.39, 0.29) is 11.3 Å². The van der Waals surface area contributed by atoms with Crippen LogP contribution in [0.2, 0.25) is 5.02 Å². The van der Waals surface area contributed by atoms with Crippen molar-refractivity contribution in [2.75, 3.05) is 0 Å². The molecule has 1 saturated carbocycles. The first-order valence-corrected chi connectivity index (χ1v) is 10.3. The van der Waals surface area contributed by atoms with Crippen LogP contribution in [0.25, 0.3) is 16.9 Å². The molecule has 0 radical (unpaired) electrons. The number of nitrogens with one attached hydrogen (secondary N) is 1. The van der Waals surface area contributed by atoms with Gasteiger partial charge in [0, 0.05) is 16.7 Å². The minimum absolute atomic E-state index is 0.0903. The summed E-state index contributed by atoms with van der Waals surface area (Å²) in [4.78, 5) is 29.9. The zero-order chi connectivity index (χ0) is 22.0. The molecule has 0 bridgehead atoms. The molecule has 0 spiro atoms. The fourth-order valence-corrected chi connectivity index (χ4v) is 3.76. The number of aliphatic hydroxyl groups excluding tert-OH is 1. The Bertz CT molecular complexity index is 1170. The van der Waals surface area contributed by atoms with Gasteiger partial charge in [-0.15, -0.1) is 0 Å². The summed E-state index contributed by atoms with van der Waals surface area (Å²) in [6.45, 7) is 0. The van der Waals surface area contributed by atoms with Crippen molar-refractivity contribution >= 4 is 17.5 Å². The second kappa shape index (κ2) is 8.95. The maximum absolute atomic E-state index is 13.7. The molecule has 31 heavy (non-hydrogen) atoms. The van der Waals surface area contributed by atoms with Crippen molar-refractivity contribution in [2.45, 2.75) is 37.8 Å². The molecule has 1 fully saturated rings. The Balaban J connectivity index is 1.80. The molecule has 1 amide bonds. The summed E-state index contributed by atoms with van der Waals surface area (Å²) in [5, 5.41) is 17.8. The number of carbonyl (C=O) groups excluding carboxylic acids is 1. The van der Waals surface area contributed by atoms with E-state index in [0.29, 0.717) is 29.1 Å². The number of rotatable bonds is 4. The minimum atomic E-state index is -0.715. The monoisotopic (exact) mass is 442 g/mol. The van der Waals surface area contributed by atoms with Gasteiger partial charge in [0.05, 0.1) is 35.9 Å².